The van der Waals surface area contributed by atoms with Crippen LogP contribution in [0.1, 0.15) is 43.2 Å². The second-order valence-corrected chi connectivity index (χ2v) is 6.78. The number of imide groups is 1. The summed E-state index contributed by atoms with van der Waals surface area (Å²) in [4.78, 5) is 36.7. The van der Waals surface area contributed by atoms with E-state index in [4.69, 9.17) is 4.74 Å². The van der Waals surface area contributed by atoms with E-state index >= 15 is 0 Å². The molecule has 0 atom stereocenters. The molecule has 2 fully saturated rings. The summed E-state index contributed by atoms with van der Waals surface area (Å²) in [7, 11) is 0. The minimum atomic E-state index is -0.850. The van der Waals surface area contributed by atoms with Crippen molar-refractivity contribution in [3.63, 3.8) is 0 Å². The molecule has 25 heavy (non-hydrogen) atoms. The van der Waals surface area contributed by atoms with E-state index in [1.165, 1.54) is 0 Å². The highest BCUT2D eigenvalue weighted by Gasteiger charge is 2.52. The summed E-state index contributed by atoms with van der Waals surface area (Å²) in [5.74, 6) is -0.356. The van der Waals surface area contributed by atoms with Gasteiger partial charge in [-0.05, 0) is 49.9 Å². The maximum absolute atomic E-state index is 12.6. The predicted octanol–water partition coefficient (Wildman–Crippen LogP) is 1.97. The molecule has 2 N–H and O–H groups in total. The smallest absolute Gasteiger partial charge is 0.344 e. The summed E-state index contributed by atoms with van der Waals surface area (Å²) >= 11 is 0. The third-order valence-electron chi connectivity index (χ3n) is 4.95. The summed E-state index contributed by atoms with van der Waals surface area (Å²) in [6, 6.07) is 4.95. The van der Waals surface area contributed by atoms with Crippen molar-refractivity contribution in [1.29, 1.82) is 0 Å². The molecule has 134 valence electrons. The molecule has 1 saturated carbocycles. The second kappa shape index (κ2) is 6.74. The van der Waals surface area contributed by atoms with Gasteiger partial charge >= 0.3 is 6.03 Å². The van der Waals surface area contributed by atoms with Crippen LogP contribution >= 0.6 is 0 Å². The fourth-order valence-corrected chi connectivity index (χ4v) is 3.33. The number of ether oxygens (including phenoxy) is 1. The molecule has 0 radical (unpaired) electrons. The van der Waals surface area contributed by atoms with Crippen LogP contribution in [0.5, 0.6) is 5.75 Å². The van der Waals surface area contributed by atoms with Crippen LogP contribution in [-0.4, -0.2) is 35.0 Å². The second-order valence-electron chi connectivity index (χ2n) is 6.78. The first kappa shape index (κ1) is 17.3. The van der Waals surface area contributed by atoms with Gasteiger partial charge in [0.1, 0.15) is 11.3 Å². The molecule has 4 amide bonds. The Morgan fingerprint density at radius 3 is 2.60 bits per heavy atom. The van der Waals surface area contributed by atoms with E-state index in [2.05, 4.69) is 10.7 Å². The molecule has 7 nitrogen and oxygen atoms in total. The van der Waals surface area contributed by atoms with Crippen molar-refractivity contribution in [3.05, 3.63) is 29.3 Å². The van der Waals surface area contributed by atoms with Gasteiger partial charge in [0, 0.05) is 0 Å². The van der Waals surface area contributed by atoms with Gasteiger partial charge in [-0.15, -0.1) is 0 Å². The summed E-state index contributed by atoms with van der Waals surface area (Å²) in [5, 5.41) is 3.53. The van der Waals surface area contributed by atoms with Gasteiger partial charge in [-0.2, -0.15) is 5.01 Å². The Balaban J connectivity index is 1.58. The first-order chi connectivity index (χ1) is 11.9. The van der Waals surface area contributed by atoms with Crippen molar-refractivity contribution in [2.45, 2.75) is 51.5 Å². The van der Waals surface area contributed by atoms with Crippen molar-refractivity contribution in [1.82, 2.24) is 15.8 Å². The zero-order valence-corrected chi connectivity index (χ0v) is 14.6. The first-order valence-electron chi connectivity index (χ1n) is 8.57. The number of hydrogen-bond donors (Lipinski definition) is 2. The van der Waals surface area contributed by atoms with Crippen LogP contribution in [0.15, 0.2) is 18.2 Å². The number of carbonyl (C=O) groups excluding carboxylic acids is 3. The number of hydrazine groups is 1. The third-order valence-corrected chi connectivity index (χ3v) is 4.95. The van der Waals surface area contributed by atoms with E-state index in [-0.39, 0.29) is 12.5 Å². The molecular formula is C18H23N3O4. The molecule has 1 aliphatic carbocycles. The summed E-state index contributed by atoms with van der Waals surface area (Å²) in [5.41, 5.74) is 3.70. The highest BCUT2D eigenvalue weighted by atomic mass is 16.5. The monoisotopic (exact) mass is 345 g/mol. The third kappa shape index (κ3) is 3.45. The van der Waals surface area contributed by atoms with Crippen LogP contribution in [-0.2, 0) is 9.59 Å². The topological polar surface area (TPSA) is 87.7 Å². The van der Waals surface area contributed by atoms with Crippen molar-refractivity contribution in [3.8, 4) is 5.75 Å². The van der Waals surface area contributed by atoms with Gasteiger partial charge in [-0.1, -0.05) is 25.3 Å². The number of benzene rings is 1. The van der Waals surface area contributed by atoms with Crippen molar-refractivity contribution >= 4 is 17.8 Å². The molecule has 2 aliphatic rings. The molecular weight excluding hydrogens is 322 g/mol. The molecule has 1 heterocycles. The maximum atomic E-state index is 12.6. The van der Waals surface area contributed by atoms with Crippen molar-refractivity contribution in [2.24, 2.45) is 0 Å². The molecule has 0 bridgehead atoms. The number of nitrogens with one attached hydrogen (secondary N) is 2. The average molecular weight is 345 g/mol. The van der Waals surface area contributed by atoms with Gasteiger partial charge in [-0.25, -0.2) is 4.79 Å². The maximum Gasteiger partial charge on any atom is 0.344 e. The number of amides is 4. The van der Waals surface area contributed by atoms with E-state index < -0.39 is 17.5 Å². The lowest BCUT2D eigenvalue weighted by Gasteiger charge is -2.30. The van der Waals surface area contributed by atoms with Crippen molar-refractivity contribution in [2.75, 3.05) is 6.61 Å². The molecule has 1 saturated heterocycles. The Labute approximate surface area is 146 Å². The van der Waals surface area contributed by atoms with Gasteiger partial charge in [0.15, 0.2) is 6.61 Å². The molecule has 1 spiro atoms. The van der Waals surface area contributed by atoms with E-state index in [0.717, 1.165) is 35.4 Å². The van der Waals surface area contributed by atoms with Crippen LogP contribution in [0.25, 0.3) is 0 Å². The summed E-state index contributed by atoms with van der Waals surface area (Å²) < 4.78 is 5.44. The summed E-state index contributed by atoms with van der Waals surface area (Å²) in [6.07, 6.45) is 4.07. The fourth-order valence-electron chi connectivity index (χ4n) is 3.33. The van der Waals surface area contributed by atoms with Crippen LogP contribution < -0.4 is 15.5 Å². The van der Waals surface area contributed by atoms with Gasteiger partial charge in [0.25, 0.3) is 11.8 Å². The van der Waals surface area contributed by atoms with Gasteiger partial charge in [0.2, 0.25) is 0 Å². The zero-order chi connectivity index (χ0) is 18.0. The van der Waals surface area contributed by atoms with Crippen molar-refractivity contribution < 1.29 is 19.1 Å². The van der Waals surface area contributed by atoms with Gasteiger partial charge in [-0.3, -0.25) is 15.0 Å². The molecule has 7 heteroatoms. The molecule has 0 aromatic heterocycles. The summed E-state index contributed by atoms with van der Waals surface area (Å²) in [6.45, 7) is 3.68. The van der Waals surface area contributed by atoms with Gasteiger partial charge < -0.3 is 10.1 Å². The minimum absolute atomic E-state index is 0.271. The lowest BCUT2D eigenvalue weighted by Crippen LogP contribution is -2.51. The SMILES string of the molecule is Cc1ccc(OCC(=O)NN2C(=O)NC3(CCCCC3)C2=O)cc1C. The Kier molecular flexibility index (Phi) is 4.65. The minimum Gasteiger partial charge on any atom is -0.484 e. The number of urea groups is 1. The van der Waals surface area contributed by atoms with Crippen LogP contribution in [0.4, 0.5) is 4.79 Å². The van der Waals surface area contributed by atoms with E-state index in [1.807, 2.05) is 26.0 Å². The molecule has 1 aliphatic heterocycles. The largest absolute Gasteiger partial charge is 0.484 e. The van der Waals surface area contributed by atoms with Crippen LogP contribution in [0.2, 0.25) is 0 Å². The highest BCUT2D eigenvalue weighted by Crippen LogP contribution is 2.32. The lowest BCUT2D eigenvalue weighted by atomic mass is 9.82. The lowest BCUT2D eigenvalue weighted by molar-refractivity contribution is -0.140. The average Bonchev–Trinajstić information content (AvgIpc) is 2.81. The highest BCUT2D eigenvalue weighted by molar-refractivity contribution is 6.08. The Morgan fingerprint density at radius 2 is 1.92 bits per heavy atom. The Bertz CT molecular complexity index is 710. The first-order valence-corrected chi connectivity index (χ1v) is 8.57. The van der Waals surface area contributed by atoms with E-state index in [0.29, 0.717) is 18.6 Å². The number of carbonyl (C=O) groups is 3. The quantitative estimate of drug-likeness (QED) is 0.817. The number of aryl methyl sites for hydroxylation is 2. The Morgan fingerprint density at radius 1 is 1.20 bits per heavy atom. The molecule has 0 unspecified atom stereocenters. The number of hydrogen-bond acceptors (Lipinski definition) is 4. The molecule has 1 aromatic carbocycles. The van der Waals surface area contributed by atoms with Crippen LogP contribution in [0, 0.1) is 13.8 Å². The Hall–Kier alpha value is -2.57. The molecule has 1 aromatic rings. The number of rotatable bonds is 4. The standard InChI is InChI=1S/C18H23N3O4/c1-12-6-7-14(10-13(12)2)25-11-15(22)20-21-16(23)18(19-17(21)24)8-4-3-5-9-18/h6-7,10H,3-5,8-9,11H2,1-2H3,(H,19,24)(H,20,22). The number of nitrogens with zero attached hydrogens (tertiary/aromatic N) is 1. The van der Waals surface area contributed by atoms with Crippen LogP contribution in [0.3, 0.4) is 0 Å². The fraction of sp³-hybridized carbons (Fsp3) is 0.500. The van der Waals surface area contributed by atoms with Gasteiger partial charge in [0.05, 0.1) is 0 Å². The predicted molar refractivity (Wildman–Crippen MR) is 90.7 cm³/mol. The molecule has 3 rings (SSSR count). The van der Waals surface area contributed by atoms with E-state index in [1.54, 1.807) is 6.07 Å². The normalized spacial score (nSPS) is 19.0. The van der Waals surface area contributed by atoms with E-state index in [9.17, 15) is 14.4 Å². The zero-order valence-electron chi connectivity index (χ0n) is 14.6.